The summed E-state index contributed by atoms with van der Waals surface area (Å²) in [4.78, 5) is 16.7. The molecule has 4 heteroatoms. The van der Waals surface area contributed by atoms with E-state index in [-0.39, 0.29) is 11.9 Å². The summed E-state index contributed by atoms with van der Waals surface area (Å²) in [5, 5.41) is 0. The predicted octanol–water partition coefficient (Wildman–Crippen LogP) is 5.08. The summed E-state index contributed by atoms with van der Waals surface area (Å²) >= 11 is 0. The maximum absolute atomic E-state index is 12.5. The van der Waals surface area contributed by atoms with E-state index in [9.17, 15) is 4.79 Å². The van der Waals surface area contributed by atoms with Crippen molar-refractivity contribution in [1.29, 1.82) is 0 Å². The third-order valence-corrected chi connectivity index (χ3v) is 6.30. The van der Waals surface area contributed by atoms with Gasteiger partial charge in [0.15, 0.2) is 6.10 Å². The second kappa shape index (κ2) is 10.0. The third kappa shape index (κ3) is 4.86. The summed E-state index contributed by atoms with van der Waals surface area (Å²) in [6, 6.07) is 27.8. The highest BCUT2D eigenvalue weighted by Crippen LogP contribution is 2.38. The number of rotatable bonds is 7. The SMILES string of the molecule is CCN(C)C(=O)[C@@H](C)Oc1ccc2c(c1)[C@H](c1ccccc1)N(Cc1ccccc1)CC2. The van der Waals surface area contributed by atoms with Gasteiger partial charge in [0.2, 0.25) is 0 Å². The van der Waals surface area contributed by atoms with E-state index in [1.54, 1.807) is 4.90 Å². The predicted molar refractivity (Wildman–Crippen MR) is 129 cm³/mol. The molecule has 3 aromatic carbocycles. The molecule has 32 heavy (non-hydrogen) atoms. The van der Waals surface area contributed by atoms with Crippen LogP contribution in [-0.4, -0.2) is 41.9 Å². The first-order chi connectivity index (χ1) is 15.6. The first kappa shape index (κ1) is 22.1. The van der Waals surface area contributed by atoms with Gasteiger partial charge in [-0.15, -0.1) is 0 Å². The normalized spacial score (nSPS) is 16.8. The molecule has 166 valence electrons. The number of carbonyl (C=O) groups excluding carboxylic acids is 1. The van der Waals surface area contributed by atoms with Crippen molar-refractivity contribution in [3.63, 3.8) is 0 Å². The van der Waals surface area contributed by atoms with Crippen molar-refractivity contribution in [2.45, 2.75) is 39.0 Å². The lowest BCUT2D eigenvalue weighted by Gasteiger charge is -2.38. The molecule has 0 N–H and O–H groups in total. The van der Waals surface area contributed by atoms with Gasteiger partial charge >= 0.3 is 0 Å². The van der Waals surface area contributed by atoms with Gasteiger partial charge < -0.3 is 9.64 Å². The minimum atomic E-state index is -0.516. The number of fused-ring (bicyclic) bond motifs is 1. The number of hydrogen-bond donors (Lipinski definition) is 0. The molecule has 0 bridgehead atoms. The van der Waals surface area contributed by atoms with Gasteiger partial charge in [-0.1, -0.05) is 66.7 Å². The zero-order valence-electron chi connectivity index (χ0n) is 19.2. The molecule has 4 nitrogen and oxygen atoms in total. The van der Waals surface area contributed by atoms with Gasteiger partial charge in [-0.05, 0) is 54.7 Å². The van der Waals surface area contributed by atoms with E-state index in [0.717, 1.165) is 25.3 Å². The molecule has 0 radical (unpaired) electrons. The molecule has 0 aliphatic carbocycles. The lowest BCUT2D eigenvalue weighted by Crippen LogP contribution is -2.38. The minimum Gasteiger partial charge on any atom is -0.481 e. The summed E-state index contributed by atoms with van der Waals surface area (Å²) < 4.78 is 6.09. The molecule has 2 atom stereocenters. The van der Waals surface area contributed by atoms with E-state index in [1.807, 2.05) is 27.0 Å². The summed E-state index contributed by atoms with van der Waals surface area (Å²) in [7, 11) is 1.81. The second-order valence-corrected chi connectivity index (χ2v) is 8.49. The highest BCUT2D eigenvalue weighted by atomic mass is 16.5. The smallest absolute Gasteiger partial charge is 0.263 e. The van der Waals surface area contributed by atoms with E-state index in [1.165, 1.54) is 22.3 Å². The molecular weight excluding hydrogens is 396 g/mol. The van der Waals surface area contributed by atoms with E-state index in [2.05, 4.69) is 77.7 Å². The quantitative estimate of drug-likeness (QED) is 0.526. The van der Waals surface area contributed by atoms with Crippen LogP contribution in [0, 0.1) is 0 Å². The van der Waals surface area contributed by atoms with Gasteiger partial charge in [-0.2, -0.15) is 0 Å². The highest BCUT2D eigenvalue weighted by molar-refractivity contribution is 5.80. The van der Waals surface area contributed by atoms with Gasteiger partial charge in [-0.3, -0.25) is 9.69 Å². The average Bonchev–Trinajstić information content (AvgIpc) is 2.84. The molecule has 3 aromatic rings. The Morgan fingerprint density at radius 1 is 1.06 bits per heavy atom. The summed E-state index contributed by atoms with van der Waals surface area (Å²) in [6.07, 6.45) is 0.482. The number of hydrogen-bond acceptors (Lipinski definition) is 3. The van der Waals surface area contributed by atoms with Crippen molar-refractivity contribution < 1.29 is 9.53 Å². The van der Waals surface area contributed by atoms with Gasteiger partial charge in [0.05, 0.1) is 6.04 Å². The van der Waals surface area contributed by atoms with Crippen LogP contribution in [0.25, 0.3) is 0 Å². The Bertz CT molecular complexity index is 1040. The molecular formula is C28H32N2O2. The molecule has 1 aliphatic rings. The van der Waals surface area contributed by atoms with E-state index < -0.39 is 6.10 Å². The van der Waals surface area contributed by atoms with Gasteiger partial charge in [0.25, 0.3) is 5.91 Å². The average molecular weight is 429 g/mol. The first-order valence-corrected chi connectivity index (χ1v) is 11.4. The summed E-state index contributed by atoms with van der Waals surface area (Å²) in [5.41, 5.74) is 5.20. The van der Waals surface area contributed by atoms with Crippen LogP contribution in [-0.2, 0) is 17.8 Å². The number of benzene rings is 3. The molecule has 0 saturated carbocycles. The zero-order valence-corrected chi connectivity index (χ0v) is 19.2. The van der Waals surface area contributed by atoms with Crippen LogP contribution in [0.5, 0.6) is 5.75 Å². The Hall–Kier alpha value is -3.11. The lowest BCUT2D eigenvalue weighted by molar-refractivity contribution is -0.136. The van der Waals surface area contributed by atoms with Gasteiger partial charge in [0, 0.05) is 26.7 Å². The molecule has 0 spiro atoms. The molecule has 4 rings (SSSR count). The van der Waals surface area contributed by atoms with Crippen molar-refractivity contribution in [1.82, 2.24) is 9.80 Å². The van der Waals surface area contributed by atoms with Crippen molar-refractivity contribution in [3.8, 4) is 5.75 Å². The molecule has 1 amide bonds. The molecule has 0 saturated heterocycles. The fourth-order valence-electron chi connectivity index (χ4n) is 4.45. The Labute approximate surface area is 191 Å². The lowest BCUT2D eigenvalue weighted by atomic mass is 9.87. The maximum atomic E-state index is 12.5. The monoisotopic (exact) mass is 428 g/mol. The number of nitrogens with zero attached hydrogens (tertiary/aromatic N) is 2. The molecule has 0 fully saturated rings. The molecule has 1 aliphatic heterocycles. The Morgan fingerprint density at radius 2 is 1.75 bits per heavy atom. The summed E-state index contributed by atoms with van der Waals surface area (Å²) in [5.74, 6) is 0.743. The van der Waals surface area contributed by atoms with E-state index in [4.69, 9.17) is 4.74 Å². The largest absolute Gasteiger partial charge is 0.481 e. The number of likely N-dealkylation sites (N-methyl/N-ethyl adjacent to an activating group) is 1. The standard InChI is InChI=1S/C28H32N2O2/c1-4-29(3)28(31)21(2)32-25-16-15-23-17-18-30(20-22-11-7-5-8-12-22)27(26(23)19-25)24-13-9-6-10-14-24/h5-16,19,21,27H,4,17-18,20H2,1-3H3/t21-,27+/m1/s1. The van der Waals surface area contributed by atoms with Gasteiger partial charge in [0.1, 0.15) is 5.75 Å². The molecule has 1 heterocycles. The fourth-order valence-corrected chi connectivity index (χ4v) is 4.45. The Balaban J connectivity index is 1.66. The van der Waals surface area contributed by atoms with Crippen LogP contribution in [0.4, 0.5) is 0 Å². The third-order valence-electron chi connectivity index (χ3n) is 6.30. The fraction of sp³-hybridized carbons (Fsp3) is 0.321. The van der Waals surface area contributed by atoms with Crippen molar-refractivity contribution in [2.75, 3.05) is 20.1 Å². The van der Waals surface area contributed by atoms with Crippen LogP contribution in [0.3, 0.4) is 0 Å². The Morgan fingerprint density at radius 3 is 2.44 bits per heavy atom. The van der Waals surface area contributed by atoms with Crippen LogP contribution in [0.1, 0.15) is 42.1 Å². The minimum absolute atomic E-state index is 0.00414. The van der Waals surface area contributed by atoms with Crippen molar-refractivity contribution in [2.24, 2.45) is 0 Å². The van der Waals surface area contributed by atoms with E-state index >= 15 is 0 Å². The van der Waals surface area contributed by atoms with Crippen LogP contribution in [0.15, 0.2) is 78.9 Å². The number of ether oxygens (including phenoxy) is 1. The highest BCUT2D eigenvalue weighted by Gasteiger charge is 2.29. The van der Waals surface area contributed by atoms with Crippen molar-refractivity contribution in [3.05, 3.63) is 101 Å². The second-order valence-electron chi connectivity index (χ2n) is 8.49. The zero-order chi connectivity index (χ0) is 22.5. The number of carbonyl (C=O) groups is 1. The Kier molecular flexibility index (Phi) is 6.91. The first-order valence-electron chi connectivity index (χ1n) is 11.4. The summed E-state index contributed by atoms with van der Waals surface area (Å²) in [6.45, 7) is 6.35. The van der Waals surface area contributed by atoms with Gasteiger partial charge in [-0.25, -0.2) is 0 Å². The van der Waals surface area contributed by atoms with Crippen LogP contribution < -0.4 is 4.74 Å². The molecule has 0 aromatic heterocycles. The number of amides is 1. The van der Waals surface area contributed by atoms with Crippen LogP contribution in [0.2, 0.25) is 0 Å². The van der Waals surface area contributed by atoms with Crippen molar-refractivity contribution >= 4 is 5.91 Å². The molecule has 0 unspecified atom stereocenters. The topological polar surface area (TPSA) is 32.8 Å². The van der Waals surface area contributed by atoms with Crippen LogP contribution >= 0.6 is 0 Å². The van der Waals surface area contributed by atoms with E-state index in [0.29, 0.717) is 6.54 Å². The maximum Gasteiger partial charge on any atom is 0.263 e.